The molecule has 1 saturated heterocycles. The van der Waals surface area contributed by atoms with Crippen molar-refractivity contribution in [2.45, 2.75) is 149 Å². The zero-order valence-corrected chi connectivity index (χ0v) is 62.1. The number of aliphatic carboxylic acids is 1. The fraction of sp³-hybridized carbons (Fsp3) is 0.367. The number of amides is 2. The number of aromatic nitrogens is 3. The van der Waals surface area contributed by atoms with Crippen molar-refractivity contribution < 1.29 is 33.8 Å². The predicted molar refractivity (Wildman–Crippen MR) is 409 cm³/mol. The first kappa shape index (κ1) is 82.6. The number of carbonyl (C=O) groups is 4. The van der Waals surface area contributed by atoms with E-state index in [-0.39, 0.29) is 72.0 Å². The Morgan fingerprint density at radius 3 is 1.32 bits per heavy atom. The van der Waals surface area contributed by atoms with Crippen molar-refractivity contribution in [1.82, 2.24) is 19.9 Å². The number of rotatable bonds is 24. The number of halogens is 1. The summed E-state index contributed by atoms with van der Waals surface area (Å²) in [6.07, 6.45) is 11.8. The fourth-order valence-electron chi connectivity index (χ4n) is 10.7. The highest BCUT2D eigenvalue weighted by Crippen LogP contribution is 2.33. The SMILES string of the molecule is CO[C@H]([C@@H](C)C(=O)C[C@@H](Cc1ccccc1)c1nccs1)[C@@H]1CCCN1C(=O)OC(C)(C)C.C[C@@H](Cc1ccccc1)C(=O)O.C[C@@H](Cc1ccccc1)C(N)=O.C[C@@H](Cc1ccccc1)C(N)=S.C[C@@H](Cc1ccccc1)c1nccs1.Cl.N[C@@H](Cc1ccccc1)c1nccs1. The van der Waals surface area contributed by atoms with Crippen molar-refractivity contribution in [3.05, 3.63) is 265 Å². The molecule has 98 heavy (non-hydrogen) atoms. The molecule has 1 fully saturated rings. The number of hydrogen-bond donors (Lipinski definition) is 4. The van der Waals surface area contributed by atoms with Crippen molar-refractivity contribution in [2.24, 2.45) is 40.9 Å². The minimum Gasteiger partial charge on any atom is -0.481 e. The van der Waals surface area contributed by atoms with Crippen LogP contribution in [0.4, 0.5) is 4.79 Å². The molecule has 6 aromatic carbocycles. The zero-order valence-electron chi connectivity index (χ0n) is 58.0. The molecule has 2 amide bonds. The largest absolute Gasteiger partial charge is 0.481 e. The van der Waals surface area contributed by atoms with Crippen LogP contribution in [0.25, 0.3) is 0 Å². The first-order valence-electron chi connectivity index (χ1n) is 33.0. The average molecular weight is 1420 g/mol. The van der Waals surface area contributed by atoms with Gasteiger partial charge in [-0.2, -0.15) is 0 Å². The molecule has 7 N–H and O–H groups in total. The van der Waals surface area contributed by atoms with Gasteiger partial charge < -0.3 is 36.7 Å². The Balaban J connectivity index is 0.000000265. The Bertz CT molecular complexity index is 3380. The highest BCUT2D eigenvalue weighted by molar-refractivity contribution is 7.80. The third-order valence-electron chi connectivity index (χ3n) is 16.0. The van der Waals surface area contributed by atoms with Gasteiger partial charge in [-0.1, -0.05) is 229 Å². The molecule has 524 valence electrons. The molecule has 19 heteroatoms. The van der Waals surface area contributed by atoms with Crippen molar-refractivity contribution in [2.75, 3.05) is 13.7 Å². The number of thiocarbonyl (C=S) groups is 1. The van der Waals surface area contributed by atoms with Gasteiger partial charge in [-0.15, -0.1) is 46.4 Å². The second-order valence-corrected chi connectivity index (χ2v) is 28.6. The standard InChI is InChI=1S/C26H36N2O4S.C12H13NS.C11H12N2S.C10H13NO.C10H13NS.C10H12O2.ClH/c1-18(23(31-5)21-12-9-14-28(21)25(30)32-26(2,3)4)22(29)17-20(24-27-13-15-33-24)16-19-10-7-6-8-11-19;1-10(12-13-7-8-14-12)9-11-5-3-2-4-6-11;12-10(11-13-6-7-14-11)8-9-4-2-1-3-5-9;3*1-8(10(11)12)7-9-5-3-2-4-6-9;/h6-8,10-11,13,15,18,20-21,23H,9,12,14,16-17H2,1-5H3;2-8,10H,9H2,1H3;1-7,10H,8,12H2;2*2-6,8H,7H2,1H3,(H2,11,12);2-6,8H,7H2,1H3,(H,11,12);1H/t18-,20+,21-,23+;2*10-;3*8-;/m000000./s1. The minimum atomic E-state index is -0.737. The topological polar surface area (TPSA) is 227 Å². The van der Waals surface area contributed by atoms with Crippen molar-refractivity contribution in [3.8, 4) is 0 Å². The lowest BCUT2D eigenvalue weighted by Crippen LogP contribution is -2.49. The number of thiazole rings is 3. The first-order valence-corrected chi connectivity index (χ1v) is 36.1. The molecule has 1 aliphatic rings. The molecule has 0 spiro atoms. The lowest BCUT2D eigenvalue weighted by molar-refractivity contribution is -0.141. The summed E-state index contributed by atoms with van der Waals surface area (Å²) in [6.45, 7) is 16.0. The summed E-state index contributed by atoms with van der Waals surface area (Å²) in [6, 6.07) is 60.7. The second kappa shape index (κ2) is 45.0. The number of ketones is 1. The average Bonchev–Trinajstić information content (AvgIpc) is 1.61. The number of hydrogen-bond acceptors (Lipinski definition) is 14. The summed E-state index contributed by atoms with van der Waals surface area (Å²) >= 11 is 9.84. The van der Waals surface area contributed by atoms with E-state index in [2.05, 4.69) is 95.5 Å². The van der Waals surface area contributed by atoms with Crippen LogP contribution in [0.5, 0.6) is 0 Å². The first-order chi connectivity index (χ1) is 46.5. The molecule has 4 heterocycles. The van der Waals surface area contributed by atoms with E-state index in [1.54, 1.807) is 65.3 Å². The summed E-state index contributed by atoms with van der Waals surface area (Å²) in [7, 11) is 1.63. The van der Waals surface area contributed by atoms with Crippen LogP contribution in [0.15, 0.2) is 217 Å². The van der Waals surface area contributed by atoms with Crippen molar-refractivity contribution in [3.63, 3.8) is 0 Å². The second-order valence-electron chi connectivity index (χ2n) is 25.3. The molecule has 9 atom stereocenters. The highest BCUT2D eigenvalue weighted by Gasteiger charge is 2.41. The van der Waals surface area contributed by atoms with E-state index in [1.165, 1.54) is 27.3 Å². The van der Waals surface area contributed by atoms with E-state index in [9.17, 15) is 19.2 Å². The van der Waals surface area contributed by atoms with Gasteiger partial charge in [0.05, 0.1) is 39.1 Å². The number of carboxylic acid groups (broad SMARTS) is 1. The molecular weight excluding hydrogens is 1320 g/mol. The Hall–Kier alpha value is -7.81. The van der Waals surface area contributed by atoms with Crippen LogP contribution in [-0.4, -0.2) is 85.1 Å². The summed E-state index contributed by atoms with van der Waals surface area (Å²) in [5.41, 5.74) is 23.5. The molecule has 14 nitrogen and oxygen atoms in total. The van der Waals surface area contributed by atoms with Gasteiger partial charge in [-0.3, -0.25) is 14.4 Å². The molecular formula is C79H100ClN7O7S4. The van der Waals surface area contributed by atoms with Crippen LogP contribution in [0.2, 0.25) is 0 Å². The van der Waals surface area contributed by atoms with E-state index in [4.69, 9.17) is 44.0 Å². The summed E-state index contributed by atoms with van der Waals surface area (Å²) in [4.78, 5) is 62.8. The minimum absolute atomic E-state index is 0. The number of likely N-dealkylation sites (tertiary alicyclic amines) is 1. The van der Waals surface area contributed by atoms with Gasteiger partial charge >= 0.3 is 12.1 Å². The van der Waals surface area contributed by atoms with Gasteiger partial charge in [0.2, 0.25) is 5.91 Å². The molecule has 0 bridgehead atoms. The number of carboxylic acids is 1. The molecule has 0 radical (unpaired) electrons. The Kier molecular flexibility index (Phi) is 37.9. The van der Waals surface area contributed by atoms with Crippen LogP contribution in [0, 0.1) is 23.7 Å². The van der Waals surface area contributed by atoms with Gasteiger partial charge in [-0.05, 0) is 106 Å². The van der Waals surface area contributed by atoms with Gasteiger partial charge in [-0.25, -0.2) is 19.7 Å². The summed E-state index contributed by atoms with van der Waals surface area (Å²) < 4.78 is 11.4. The van der Waals surface area contributed by atoms with Gasteiger partial charge in [0, 0.05) is 84.4 Å². The van der Waals surface area contributed by atoms with Crippen LogP contribution in [0.1, 0.15) is 141 Å². The lowest BCUT2D eigenvalue weighted by atomic mass is 9.86. The van der Waals surface area contributed by atoms with Crippen LogP contribution >= 0.6 is 58.6 Å². The monoisotopic (exact) mass is 1420 g/mol. The molecule has 0 saturated carbocycles. The number of methoxy groups -OCH3 is 1. The normalized spacial score (nSPS) is 14.6. The molecule has 0 unspecified atom stereocenters. The van der Waals surface area contributed by atoms with Crippen LogP contribution in [0.3, 0.4) is 0 Å². The van der Waals surface area contributed by atoms with Gasteiger partial charge in [0.25, 0.3) is 0 Å². The van der Waals surface area contributed by atoms with E-state index in [1.807, 2.05) is 172 Å². The quantitative estimate of drug-likeness (QED) is 0.0413. The van der Waals surface area contributed by atoms with Gasteiger partial charge in [0.1, 0.15) is 16.4 Å². The van der Waals surface area contributed by atoms with E-state index in [0.717, 1.165) is 66.1 Å². The maximum atomic E-state index is 13.5. The van der Waals surface area contributed by atoms with Crippen molar-refractivity contribution >= 4 is 87.4 Å². The Morgan fingerprint density at radius 1 is 0.561 bits per heavy atom. The molecule has 10 rings (SSSR count). The number of ether oxygens (including phenoxy) is 2. The fourth-order valence-corrected chi connectivity index (χ4v) is 12.8. The number of nitrogens with two attached hydrogens (primary N) is 3. The molecule has 1 aliphatic heterocycles. The number of Topliss-reactive ketones (excluding diaryl/α,β-unsaturated/α-hetero) is 1. The Morgan fingerprint density at radius 2 is 0.939 bits per heavy atom. The molecule has 3 aromatic heterocycles. The maximum Gasteiger partial charge on any atom is 0.410 e. The summed E-state index contributed by atoms with van der Waals surface area (Å²) in [5, 5.41) is 17.8. The van der Waals surface area contributed by atoms with Crippen molar-refractivity contribution in [1.29, 1.82) is 0 Å². The van der Waals surface area contributed by atoms with E-state index >= 15 is 0 Å². The molecule has 9 aromatic rings. The van der Waals surface area contributed by atoms with Crippen LogP contribution < -0.4 is 17.2 Å². The number of carbonyl (C=O) groups excluding carboxylic acids is 3. The number of benzene rings is 6. The lowest BCUT2D eigenvalue weighted by Gasteiger charge is -2.35. The predicted octanol–water partition coefficient (Wildman–Crippen LogP) is 17.2. The number of primary amides is 1. The van der Waals surface area contributed by atoms with E-state index in [0.29, 0.717) is 36.2 Å². The van der Waals surface area contributed by atoms with Crippen LogP contribution in [-0.2, 0) is 62.4 Å². The van der Waals surface area contributed by atoms with Gasteiger partial charge in [0.15, 0.2) is 0 Å². The highest BCUT2D eigenvalue weighted by atomic mass is 35.5. The maximum absolute atomic E-state index is 13.5. The smallest absolute Gasteiger partial charge is 0.410 e. The Labute approximate surface area is 605 Å². The third-order valence-corrected chi connectivity index (χ3v) is 19.3. The molecule has 0 aliphatic carbocycles. The van der Waals surface area contributed by atoms with E-state index < -0.39 is 11.6 Å². The third kappa shape index (κ3) is 31.4. The number of nitrogens with zero attached hydrogens (tertiary/aromatic N) is 4. The summed E-state index contributed by atoms with van der Waals surface area (Å²) in [5.74, 6) is -0.724. The zero-order chi connectivity index (χ0) is 70.5.